The Balaban J connectivity index is 1.64. The molecule has 1 aliphatic heterocycles. The summed E-state index contributed by atoms with van der Waals surface area (Å²) in [6.07, 6.45) is 0. The van der Waals surface area contributed by atoms with Gasteiger partial charge in [0.15, 0.2) is 16.6 Å². The van der Waals surface area contributed by atoms with E-state index in [4.69, 9.17) is 25.8 Å². The summed E-state index contributed by atoms with van der Waals surface area (Å²) < 4.78 is 17.1. The number of esters is 1. The highest BCUT2D eigenvalue weighted by atomic mass is 35.5. The van der Waals surface area contributed by atoms with Gasteiger partial charge in [0.2, 0.25) is 0 Å². The molecule has 1 N–H and O–H groups in total. The molecular weight excluding hydrogens is 604 g/mol. The molecule has 1 fully saturated rings. The molecule has 1 aliphatic rings. The number of hydrogen-bond donors (Lipinski definition) is 1. The van der Waals surface area contributed by atoms with Crippen molar-refractivity contribution in [2.75, 3.05) is 18.1 Å². The van der Waals surface area contributed by atoms with Crippen LogP contribution in [0.4, 0.5) is 5.13 Å². The van der Waals surface area contributed by atoms with Crippen LogP contribution in [-0.2, 0) is 20.9 Å². The number of carbonyl (C=O) groups is 3. The maximum atomic E-state index is 13.6. The number of aromatic nitrogens is 1. The van der Waals surface area contributed by atoms with Gasteiger partial charge in [-0.15, -0.1) is 0 Å². The first-order valence-electron chi connectivity index (χ1n) is 13.9. The van der Waals surface area contributed by atoms with Crippen molar-refractivity contribution in [2.45, 2.75) is 33.4 Å². The molecule has 1 amide bonds. The molecule has 11 heteroatoms. The second-order valence-electron chi connectivity index (χ2n) is 9.72. The first-order valence-corrected chi connectivity index (χ1v) is 15.1. The number of Topliss-reactive ketones (excluding diaryl/α,β-unsaturated/α-hetero) is 1. The van der Waals surface area contributed by atoms with Crippen molar-refractivity contribution in [3.8, 4) is 11.5 Å². The van der Waals surface area contributed by atoms with Crippen molar-refractivity contribution in [1.29, 1.82) is 0 Å². The summed E-state index contributed by atoms with van der Waals surface area (Å²) in [5.41, 5.74) is 1.92. The molecule has 0 aliphatic carbocycles. The van der Waals surface area contributed by atoms with Gasteiger partial charge in [-0.25, -0.2) is 9.78 Å². The van der Waals surface area contributed by atoms with Crippen molar-refractivity contribution in [3.05, 3.63) is 111 Å². The van der Waals surface area contributed by atoms with Crippen molar-refractivity contribution in [1.82, 2.24) is 4.98 Å². The van der Waals surface area contributed by atoms with Crippen LogP contribution >= 0.6 is 22.9 Å². The summed E-state index contributed by atoms with van der Waals surface area (Å²) in [5.74, 6) is -1.92. The van der Waals surface area contributed by atoms with Gasteiger partial charge in [-0.05, 0) is 68.3 Å². The molecule has 0 saturated carbocycles. The van der Waals surface area contributed by atoms with E-state index < -0.39 is 23.7 Å². The van der Waals surface area contributed by atoms with Gasteiger partial charge in [0, 0.05) is 10.6 Å². The fourth-order valence-corrected chi connectivity index (χ4v) is 5.91. The lowest BCUT2D eigenvalue weighted by atomic mass is 9.95. The average Bonchev–Trinajstić information content (AvgIpc) is 3.53. The van der Waals surface area contributed by atoms with E-state index in [1.807, 2.05) is 37.3 Å². The molecule has 3 aromatic carbocycles. The normalized spacial score (nSPS) is 15.8. The Hall–Kier alpha value is -4.67. The maximum Gasteiger partial charge on any atom is 0.350 e. The van der Waals surface area contributed by atoms with Crippen LogP contribution in [0.15, 0.2) is 78.4 Å². The largest absolute Gasteiger partial charge is 0.507 e. The molecule has 1 unspecified atom stereocenters. The summed E-state index contributed by atoms with van der Waals surface area (Å²) in [6.45, 7) is 5.92. The highest BCUT2D eigenvalue weighted by Crippen LogP contribution is 2.45. The standard InChI is InChI=1S/C33H29ClN2O7S/c1-4-41-25-17-22(13-16-24(25)43-18-20-9-7-6-8-10-20)27-26(28(37)21-11-14-23(34)15-12-21)29(38)31(39)36(27)33-35-19(3)30(44-33)32(40)42-5-2/h6-17,27,37H,4-5,18H2,1-3H3/b28-26+. The zero-order chi connectivity index (χ0) is 31.4. The molecule has 9 nitrogen and oxygen atoms in total. The molecule has 0 spiro atoms. The number of halogens is 1. The van der Waals surface area contributed by atoms with Crippen LogP contribution in [0.2, 0.25) is 5.02 Å². The van der Waals surface area contributed by atoms with E-state index in [-0.39, 0.29) is 27.9 Å². The molecule has 1 atom stereocenters. The second kappa shape index (κ2) is 13.3. The highest BCUT2D eigenvalue weighted by Gasteiger charge is 2.48. The van der Waals surface area contributed by atoms with Gasteiger partial charge in [0.05, 0.1) is 30.5 Å². The van der Waals surface area contributed by atoms with Gasteiger partial charge in [-0.1, -0.05) is 59.3 Å². The Morgan fingerprint density at radius 1 is 0.977 bits per heavy atom. The maximum absolute atomic E-state index is 13.6. The number of benzene rings is 3. The number of ketones is 1. The van der Waals surface area contributed by atoms with E-state index in [2.05, 4.69) is 4.98 Å². The Morgan fingerprint density at radius 3 is 2.39 bits per heavy atom. The fourth-order valence-electron chi connectivity index (χ4n) is 4.80. The van der Waals surface area contributed by atoms with Gasteiger partial charge < -0.3 is 19.3 Å². The molecule has 226 valence electrons. The summed E-state index contributed by atoms with van der Waals surface area (Å²) in [4.78, 5) is 45.7. The van der Waals surface area contributed by atoms with Crippen LogP contribution in [0.5, 0.6) is 11.5 Å². The zero-order valence-corrected chi connectivity index (χ0v) is 25.8. The molecule has 44 heavy (non-hydrogen) atoms. The fraction of sp³-hybridized carbons (Fsp3) is 0.212. The number of aliphatic hydroxyl groups excluding tert-OH is 1. The van der Waals surface area contributed by atoms with Crippen LogP contribution < -0.4 is 14.4 Å². The predicted octanol–water partition coefficient (Wildman–Crippen LogP) is 6.89. The van der Waals surface area contributed by atoms with Crippen molar-refractivity contribution in [2.24, 2.45) is 0 Å². The monoisotopic (exact) mass is 632 g/mol. The predicted molar refractivity (Wildman–Crippen MR) is 167 cm³/mol. The lowest BCUT2D eigenvalue weighted by Crippen LogP contribution is -2.29. The molecule has 4 aromatic rings. The Kier molecular flexibility index (Phi) is 9.32. The third-order valence-electron chi connectivity index (χ3n) is 6.83. The summed E-state index contributed by atoms with van der Waals surface area (Å²) in [5, 5.41) is 12.0. The number of aryl methyl sites for hydroxylation is 1. The molecule has 1 saturated heterocycles. The molecule has 0 bridgehead atoms. The Labute approximate surface area is 263 Å². The minimum absolute atomic E-state index is 0.107. The lowest BCUT2D eigenvalue weighted by Gasteiger charge is -2.24. The average molecular weight is 633 g/mol. The van der Waals surface area contributed by atoms with Gasteiger partial charge in [0.25, 0.3) is 5.78 Å². The number of rotatable bonds is 10. The first kappa shape index (κ1) is 30.8. The lowest BCUT2D eigenvalue weighted by molar-refractivity contribution is -0.132. The van der Waals surface area contributed by atoms with Crippen LogP contribution in [0.25, 0.3) is 5.76 Å². The first-order chi connectivity index (χ1) is 21.2. The smallest absolute Gasteiger partial charge is 0.350 e. The summed E-state index contributed by atoms with van der Waals surface area (Å²) in [7, 11) is 0. The molecule has 1 aromatic heterocycles. The third kappa shape index (κ3) is 6.17. The Morgan fingerprint density at radius 2 is 1.70 bits per heavy atom. The zero-order valence-electron chi connectivity index (χ0n) is 24.2. The second-order valence-corrected chi connectivity index (χ2v) is 11.1. The number of amides is 1. The summed E-state index contributed by atoms with van der Waals surface area (Å²) in [6, 6.07) is 19.9. The SMILES string of the molecule is CCOC(=O)c1sc(N2C(=O)C(=O)/C(=C(/O)c3ccc(Cl)cc3)C2c2ccc(OCc3ccccc3)c(OCC)c2)nc1C. The number of thiazole rings is 1. The number of ether oxygens (including phenoxy) is 3. The van der Waals surface area contributed by atoms with Gasteiger partial charge in [-0.2, -0.15) is 0 Å². The molecule has 2 heterocycles. The van der Waals surface area contributed by atoms with E-state index >= 15 is 0 Å². The van der Waals surface area contributed by atoms with Gasteiger partial charge >= 0.3 is 11.9 Å². The van der Waals surface area contributed by atoms with E-state index in [0.717, 1.165) is 16.9 Å². The van der Waals surface area contributed by atoms with Crippen molar-refractivity contribution in [3.63, 3.8) is 0 Å². The van der Waals surface area contributed by atoms with Gasteiger partial charge in [-0.3, -0.25) is 14.5 Å². The summed E-state index contributed by atoms with van der Waals surface area (Å²) >= 11 is 6.98. The molecule has 0 radical (unpaired) electrons. The number of aliphatic hydroxyl groups is 1. The van der Waals surface area contributed by atoms with E-state index in [9.17, 15) is 19.5 Å². The van der Waals surface area contributed by atoms with E-state index in [0.29, 0.717) is 46.6 Å². The minimum Gasteiger partial charge on any atom is -0.507 e. The van der Waals surface area contributed by atoms with Crippen molar-refractivity contribution < 1.29 is 33.7 Å². The van der Waals surface area contributed by atoms with Gasteiger partial charge in [0.1, 0.15) is 17.2 Å². The van der Waals surface area contributed by atoms with E-state index in [1.54, 1.807) is 56.3 Å². The quantitative estimate of drug-likeness (QED) is 0.0870. The topological polar surface area (TPSA) is 115 Å². The van der Waals surface area contributed by atoms with Crippen LogP contribution in [-0.4, -0.2) is 41.0 Å². The number of carbonyl (C=O) groups excluding carboxylic acids is 3. The van der Waals surface area contributed by atoms with E-state index in [1.165, 1.54) is 4.90 Å². The van der Waals surface area contributed by atoms with Crippen LogP contribution in [0.3, 0.4) is 0 Å². The molecule has 5 rings (SSSR count). The Bertz CT molecular complexity index is 1730. The highest BCUT2D eigenvalue weighted by molar-refractivity contribution is 7.17. The minimum atomic E-state index is -1.10. The van der Waals surface area contributed by atoms with Crippen LogP contribution in [0, 0.1) is 6.92 Å². The molecular formula is C33H29ClN2O7S. The number of nitrogens with zero attached hydrogens (tertiary/aromatic N) is 2. The number of anilines is 1. The van der Waals surface area contributed by atoms with Crippen LogP contribution in [0.1, 0.15) is 51.9 Å². The third-order valence-corrected chi connectivity index (χ3v) is 8.22. The van der Waals surface area contributed by atoms with Crippen molar-refractivity contribution >= 4 is 51.5 Å². The number of hydrogen-bond acceptors (Lipinski definition) is 9.